The second-order valence-electron chi connectivity index (χ2n) is 7.58. The number of carbonyl (C=O) groups excluding carboxylic acids is 1. The van der Waals surface area contributed by atoms with Crippen LogP contribution in [0.1, 0.15) is 47.2 Å². The molecule has 154 valence electrons. The first-order chi connectivity index (χ1) is 14.3. The summed E-state index contributed by atoms with van der Waals surface area (Å²) in [5, 5.41) is 16.0. The number of anilines is 2. The molecule has 6 nitrogen and oxygen atoms in total. The van der Waals surface area contributed by atoms with Crippen LogP contribution in [0.4, 0.5) is 11.4 Å². The van der Waals surface area contributed by atoms with Crippen LogP contribution in [0.5, 0.6) is 0 Å². The second-order valence-corrected chi connectivity index (χ2v) is 8.64. The largest absolute Gasteiger partial charge is 0.478 e. The summed E-state index contributed by atoms with van der Waals surface area (Å²) in [5.41, 5.74) is 4.75. The van der Waals surface area contributed by atoms with Crippen LogP contribution in [-0.2, 0) is 4.79 Å². The van der Waals surface area contributed by atoms with Gasteiger partial charge in [0.15, 0.2) is 0 Å². The molecule has 7 heteroatoms. The van der Waals surface area contributed by atoms with Gasteiger partial charge < -0.3 is 15.3 Å². The van der Waals surface area contributed by atoms with Crippen molar-refractivity contribution in [1.29, 1.82) is 0 Å². The molecule has 2 heterocycles. The summed E-state index contributed by atoms with van der Waals surface area (Å²) in [4.78, 5) is 30.0. The van der Waals surface area contributed by atoms with Gasteiger partial charge >= 0.3 is 5.97 Å². The fraction of sp³-hybridized carbons (Fsp3) is 0.261. The lowest BCUT2D eigenvalue weighted by atomic mass is 9.90. The van der Waals surface area contributed by atoms with Gasteiger partial charge in [-0.15, -0.1) is 11.3 Å². The van der Waals surface area contributed by atoms with E-state index in [1.54, 1.807) is 34.4 Å². The van der Waals surface area contributed by atoms with E-state index in [1.807, 2.05) is 43.5 Å². The van der Waals surface area contributed by atoms with Crippen molar-refractivity contribution in [2.75, 3.05) is 10.2 Å². The number of fused-ring (bicyclic) bond motifs is 1. The van der Waals surface area contributed by atoms with Gasteiger partial charge in [0.2, 0.25) is 5.91 Å². The SMILES string of the molecule is CC(=O)N1c2ccc(C(=O)O)cc2[C@H](Nc2ccc(-c3csc(C)n3)cc2)C[C@@H]1C. The first kappa shape index (κ1) is 20.1. The fourth-order valence-electron chi connectivity index (χ4n) is 4.05. The molecule has 0 bridgehead atoms. The summed E-state index contributed by atoms with van der Waals surface area (Å²) >= 11 is 1.62. The zero-order valence-corrected chi connectivity index (χ0v) is 17.9. The van der Waals surface area contributed by atoms with E-state index in [4.69, 9.17) is 0 Å². The van der Waals surface area contributed by atoms with Gasteiger partial charge in [0, 0.05) is 35.3 Å². The van der Waals surface area contributed by atoms with E-state index in [2.05, 4.69) is 10.3 Å². The molecule has 1 aromatic heterocycles. The molecule has 0 unspecified atom stereocenters. The number of aromatic nitrogens is 1. The van der Waals surface area contributed by atoms with E-state index >= 15 is 0 Å². The van der Waals surface area contributed by atoms with Crippen LogP contribution in [0.3, 0.4) is 0 Å². The Bertz CT molecular complexity index is 1110. The minimum Gasteiger partial charge on any atom is -0.478 e. The van der Waals surface area contributed by atoms with Crippen LogP contribution >= 0.6 is 11.3 Å². The number of carboxylic acids is 1. The van der Waals surface area contributed by atoms with Gasteiger partial charge in [-0.05, 0) is 56.2 Å². The zero-order valence-electron chi connectivity index (χ0n) is 17.0. The standard InChI is InChI=1S/C23H23N3O3S/c1-13-10-20(19-11-17(23(28)29)6-9-22(19)26(13)15(3)27)25-18-7-4-16(5-8-18)21-12-30-14(2)24-21/h4-9,11-13,20,25H,10H2,1-3H3,(H,28,29)/t13-,20+/m0/s1. The fourth-order valence-corrected chi connectivity index (χ4v) is 4.67. The Morgan fingerprint density at radius 1 is 1.20 bits per heavy atom. The molecule has 1 aliphatic heterocycles. The van der Waals surface area contributed by atoms with Crippen molar-refractivity contribution in [3.8, 4) is 11.3 Å². The van der Waals surface area contributed by atoms with Gasteiger partial charge in [-0.3, -0.25) is 4.79 Å². The Morgan fingerprint density at radius 2 is 1.93 bits per heavy atom. The van der Waals surface area contributed by atoms with Gasteiger partial charge in [0.1, 0.15) is 0 Å². The normalized spacial score (nSPS) is 18.0. The molecule has 2 atom stereocenters. The van der Waals surface area contributed by atoms with Crippen molar-refractivity contribution >= 4 is 34.6 Å². The molecule has 2 aromatic carbocycles. The van der Waals surface area contributed by atoms with Crippen molar-refractivity contribution in [2.45, 2.75) is 39.3 Å². The minimum atomic E-state index is -0.979. The van der Waals surface area contributed by atoms with Crippen LogP contribution in [0.2, 0.25) is 0 Å². The van der Waals surface area contributed by atoms with Crippen LogP contribution < -0.4 is 10.2 Å². The molecule has 4 rings (SSSR count). The van der Waals surface area contributed by atoms with E-state index < -0.39 is 5.97 Å². The number of aryl methyl sites for hydroxylation is 1. The summed E-state index contributed by atoms with van der Waals surface area (Å²) in [6.07, 6.45) is 0.683. The minimum absolute atomic E-state index is 0.000401. The number of amides is 1. The van der Waals surface area contributed by atoms with Crippen molar-refractivity contribution in [2.24, 2.45) is 0 Å². The number of nitrogens with one attached hydrogen (secondary N) is 1. The van der Waals surface area contributed by atoms with Crippen molar-refractivity contribution < 1.29 is 14.7 Å². The van der Waals surface area contributed by atoms with Crippen LogP contribution in [0.25, 0.3) is 11.3 Å². The number of hydrogen-bond acceptors (Lipinski definition) is 5. The first-order valence-electron chi connectivity index (χ1n) is 9.79. The number of nitrogens with zero attached hydrogens (tertiary/aromatic N) is 2. The third-order valence-corrected chi connectivity index (χ3v) is 6.18. The number of benzene rings is 2. The Balaban J connectivity index is 1.65. The van der Waals surface area contributed by atoms with E-state index in [0.29, 0.717) is 6.42 Å². The zero-order chi connectivity index (χ0) is 21.4. The Morgan fingerprint density at radius 3 is 2.53 bits per heavy atom. The summed E-state index contributed by atoms with van der Waals surface area (Å²) in [6.45, 7) is 5.54. The molecule has 3 aromatic rings. The average molecular weight is 422 g/mol. The highest BCUT2D eigenvalue weighted by Crippen LogP contribution is 2.39. The highest BCUT2D eigenvalue weighted by atomic mass is 32.1. The van der Waals surface area contributed by atoms with E-state index in [-0.39, 0.29) is 23.6 Å². The summed E-state index contributed by atoms with van der Waals surface area (Å²) in [5.74, 6) is -1.03. The molecule has 2 N–H and O–H groups in total. The maximum atomic E-state index is 12.2. The third-order valence-electron chi connectivity index (χ3n) is 5.41. The summed E-state index contributed by atoms with van der Waals surface area (Å²) < 4.78 is 0. The molecular formula is C23H23N3O3S. The maximum Gasteiger partial charge on any atom is 0.335 e. The summed E-state index contributed by atoms with van der Waals surface area (Å²) in [6, 6.07) is 12.9. The molecule has 0 saturated carbocycles. The highest BCUT2D eigenvalue weighted by molar-refractivity contribution is 7.09. The van der Waals surface area contributed by atoms with Gasteiger partial charge in [-0.25, -0.2) is 9.78 Å². The second kappa shape index (κ2) is 7.91. The lowest BCUT2D eigenvalue weighted by Crippen LogP contribution is -2.43. The molecule has 0 spiro atoms. The molecule has 1 aliphatic rings. The number of carbonyl (C=O) groups is 2. The summed E-state index contributed by atoms with van der Waals surface area (Å²) in [7, 11) is 0. The maximum absolute atomic E-state index is 12.2. The monoisotopic (exact) mass is 421 g/mol. The molecule has 0 saturated heterocycles. The number of thiazole rings is 1. The van der Waals surface area contributed by atoms with Crippen LogP contribution in [0, 0.1) is 6.92 Å². The average Bonchev–Trinajstić information content (AvgIpc) is 3.14. The topological polar surface area (TPSA) is 82.5 Å². The van der Waals surface area contributed by atoms with E-state index in [9.17, 15) is 14.7 Å². The van der Waals surface area contributed by atoms with Crippen molar-refractivity contribution in [3.05, 3.63) is 64.0 Å². The van der Waals surface area contributed by atoms with Crippen molar-refractivity contribution in [1.82, 2.24) is 4.98 Å². The molecule has 0 radical (unpaired) electrons. The predicted octanol–water partition coefficient (Wildman–Crippen LogP) is 5.12. The molecule has 0 fully saturated rings. The Kier molecular flexibility index (Phi) is 5.30. The smallest absolute Gasteiger partial charge is 0.335 e. The lowest BCUT2D eigenvalue weighted by Gasteiger charge is -2.39. The van der Waals surface area contributed by atoms with Gasteiger partial charge in [0.05, 0.1) is 22.3 Å². The first-order valence-corrected chi connectivity index (χ1v) is 10.7. The Labute approximate surface area is 179 Å². The number of carboxylic acid groups (broad SMARTS) is 1. The van der Waals surface area contributed by atoms with Crippen molar-refractivity contribution in [3.63, 3.8) is 0 Å². The van der Waals surface area contributed by atoms with E-state index in [1.165, 1.54) is 6.92 Å². The van der Waals surface area contributed by atoms with Crippen LogP contribution in [0.15, 0.2) is 47.8 Å². The molecular weight excluding hydrogens is 398 g/mol. The quantitative estimate of drug-likeness (QED) is 0.611. The third kappa shape index (κ3) is 3.80. The number of rotatable bonds is 4. The number of aromatic carboxylic acids is 1. The molecule has 1 amide bonds. The van der Waals surface area contributed by atoms with Gasteiger partial charge in [-0.2, -0.15) is 0 Å². The van der Waals surface area contributed by atoms with Gasteiger partial charge in [0.25, 0.3) is 0 Å². The Hall–Kier alpha value is -3.19. The van der Waals surface area contributed by atoms with Gasteiger partial charge in [-0.1, -0.05) is 12.1 Å². The molecule has 30 heavy (non-hydrogen) atoms. The van der Waals surface area contributed by atoms with E-state index in [0.717, 1.165) is 33.2 Å². The van der Waals surface area contributed by atoms with Crippen LogP contribution in [-0.4, -0.2) is 28.0 Å². The predicted molar refractivity (Wildman–Crippen MR) is 119 cm³/mol. The highest BCUT2D eigenvalue weighted by Gasteiger charge is 2.33. The number of hydrogen-bond donors (Lipinski definition) is 2. The molecule has 0 aliphatic carbocycles. The lowest BCUT2D eigenvalue weighted by molar-refractivity contribution is -0.117.